The van der Waals surface area contributed by atoms with Crippen LogP contribution in [0.3, 0.4) is 0 Å². The van der Waals surface area contributed by atoms with E-state index in [0.717, 1.165) is 41.8 Å². The lowest BCUT2D eigenvalue weighted by Gasteiger charge is -2.31. The van der Waals surface area contributed by atoms with Crippen molar-refractivity contribution in [2.75, 3.05) is 16.8 Å². The minimum absolute atomic E-state index is 0.00609. The number of hydrogen-bond acceptors (Lipinski definition) is 6. The summed E-state index contributed by atoms with van der Waals surface area (Å²) in [6.45, 7) is 3.43. The second-order valence-corrected chi connectivity index (χ2v) is 9.61. The molecular formula is C28H29N7O2. The predicted octanol–water partition coefficient (Wildman–Crippen LogP) is 3.88. The third-order valence-electron chi connectivity index (χ3n) is 7.40. The van der Waals surface area contributed by atoms with Crippen molar-refractivity contribution in [1.82, 2.24) is 24.1 Å². The SMILES string of the molecule is CCc1c(-c2cc(Nc3ccncn3)c(=O)n(C)c2)ccnc1N1CCn2c(cc3c2CCCC3)C1=O. The highest BCUT2D eigenvalue weighted by Gasteiger charge is 2.32. The van der Waals surface area contributed by atoms with Crippen molar-refractivity contribution < 1.29 is 4.79 Å². The first-order chi connectivity index (χ1) is 18.0. The summed E-state index contributed by atoms with van der Waals surface area (Å²) in [4.78, 5) is 41.2. The smallest absolute Gasteiger partial charge is 0.276 e. The van der Waals surface area contributed by atoms with Crippen LogP contribution in [0, 0.1) is 0 Å². The Morgan fingerprint density at radius 2 is 1.89 bits per heavy atom. The Labute approximate surface area is 214 Å². The van der Waals surface area contributed by atoms with Gasteiger partial charge in [-0.3, -0.25) is 14.5 Å². The van der Waals surface area contributed by atoms with Crippen molar-refractivity contribution in [2.24, 2.45) is 7.05 Å². The van der Waals surface area contributed by atoms with Crippen LogP contribution in [0.5, 0.6) is 0 Å². The maximum Gasteiger partial charge on any atom is 0.276 e. The second-order valence-electron chi connectivity index (χ2n) is 9.61. The molecule has 5 heterocycles. The molecule has 6 rings (SSSR count). The molecule has 1 aliphatic heterocycles. The average Bonchev–Trinajstić information content (AvgIpc) is 3.31. The molecule has 9 nitrogen and oxygen atoms in total. The summed E-state index contributed by atoms with van der Waals surface area (Å²) in [5.41, 5.74) is 6.47. The minimum atomic E-state index is -0.161. The molecule has 0 saturated heterocycles. The van der Waals surface area contributed by atoms with Gasteiger partial charge in [0, 0.05) is 55.5 Å². The van der Waals surface area contributed by atoms with E-state index in [9.17, 15) is 9.59 Å². The Morgan fingerprint density at radius 3 is 2.70 bits per heavy atom. The molecule has 9 heteroatoms. The minimum Gasteiger partial charge on any atom is -0.339 e. The molecular weight excluding hydrogens is 466 g/mol. The summed E-state index contributed by atoms with van der Waals surface area (Å²) in [5.74, 6) is 1.24. The number of fused-ring (bicyclic) bond motifs is 3. The number of carbonyl (C=O) groups is 1. The van der Waals surface area contributed by atoms with Gasteiger partial charge in [0.2, 0.25) is 0 Å². The predicted molar refractivity (Wildman–Crippen MR) is 142 cm³/mol. The molecule has 188 valence electrons. The van der Waals surface area contributed by atoms with E-state index in [1.807, 2.05) is 23.2 Å². The number of anilines is 3. The van der Waals surface area contributed by atoms with E-state index < -0.39 is 0 Å². The Bertz CT molecular complexity index is 1550. The molecule has 1 amide bonds. The van der Waals surface area contributed by atoms with Crippen molar-refractivity contribution >= 4 is 23.2 Å². The van der Waals surface area contributed by atoms with Crippen LogP contribution in [0.2, 0.25) is 0 Å². The van der Waals surface area contributed by atoms with Gasteiger partial charge in [0.25, 0.3) is 11.5 Å². The number of rotatable bonds is 5. The molecule has 4 aromatic rings. The fourth-order valence-corrected chi connectivity index (χ4v) is 5.62. The van der Waals surface area contributed by atoms with E-state index in [1.165, 1.54) is 30.4 Å². The first-order valence-electron chi connectivity index (χ1n) is 12.8. The van der Waals surface area contributed by atoms with Crippen LogP contribution in [0.1, 0.15) is 47.1 Å². The van der Waals surface area contributed by atoms with Crippen LogP contribution in [0.25, 0.3) is 11.1 Å². The van der Waals surface area contributed by atoms with Crippen molar-refractivity contribution in [3.05, 3.63) is 82.1 Å². The maximum absolute atomic E-state index is 13.7. The molecule has 0 aromatic carbocycles. The third kappa shape index (κ3) is 4.00. The lowest BCUT2D eigenvalue weighted by molar-refractivity contribution is 0.0963. The van der Waals surface area contributed by atoms with Crippen LogP contribution in [-0.2, 0) is 32.9 Å². The fraction of sp³-hybridized carbons (Fsp3) is 0.321. The molecule has 0 saturated carbocycles. The van der Waals surface area contributed by atoms with Gasteiger partial charge in [0.1, 0.15) is 29.3 Å². The topological polar surface area (TPSA) is 97.9 Å². The van der Waals surface area contributed by atoms with E-state index >= 15 is 0 Å². The van der Waals surface area contributed by atoms with E-state index in [1.54, 1.807) is 30.1 Å². The standard InChI is InChI=1S/C28H29N7O2/c1-3-20-21(19-14-22(27(36)33(2)16-19)32-25-9-10-29-17-31-25)8-11-30-26(20)35-13-12-34-23-7-5-4-6-18(23)15-24(34)28(35)37/h8-11,14-17H,3-7,12-13H2,1-2H3,(H,29,31,32). The number of aromatic nitrogens is 5. The van der Waals surface area contributed by atoms with Crippen LogP contribution >= 0.6 is 0 Å². The summed E-state index contributed by atoms with van der Waals surface area (Å²) >= 11 is 0. The highest BCUT2D eigenvalue weighted by molar-refractivity contribution is 6.06. The summed E-state index contributed by atoms with van der Waals surface area (Å²) in [5, 5.41) is 3.11. The number of amides is 1. The number of aryl methyl sites for hydroxylation is 2. The van der Waals surface area contributed by atoms with Gasteiger partial charge in [-0.05, 0) is 67.5 Å². The summed E-state index contributed by atoms with van der Waals surface area (Å²) in [7, 11) is 1.73. The highest BCUT2D eigenvalue weighted by Crippen LogP contribution is 2.34. The van der Waals surface area contributed by atoms with Gasteiger partial charge < -0.3 is 14.5 Å². The van der Waals surface area contributed by atoms with Gasteiger partial charge in [0.15, 0.2) is 0 Å². The lowest BCUT2D eigenvalue weighted by atomic mass is 9.98. The molecule has 0 fully saturated rings. The van der Waals surface area contributed by atoms with Crippen molar-refractivity contribution in [2.45, 2.75) is 45.6 Å². The zero-order valence-electron chi connectivity index (χ0n) is 21.1. The van der Waals surface area contributed by atoms with Crippen LogP contribution in [-0.4, -0.2) is 36.5 Å². The van der Waals surface area contributed by atoms with Crippen LogP contribution in [0.4, 0.5) is 17.3 Å². The molecule has 0 unspecified atom stereocenters. The number of hydrogen-bond donors (Lipinski definition) is 1. The molecule has 0 spiro atoms. The van der Waals surface area contributed by atoms with Gasteiger partial charge in [-0.1, -0.05) is 6.92 Å². The molecule has 1 N–H and O–H groups in total. The second kappa shape index (κ2) is 9.31. The van der Waals surface area contributed by atoms with E-state index in [-0.39, 0.29) is 11.5 Å². The van der Waals surface area contributed by atoms with Gasteiger partial charge in [-0.25, -0.2) is 15.0 Å². The monoisotopic (exact) mass is 495 g/mol. The molecule has 0 atom stereocenters. The number of carbonyl (C=O) groups excluding carboxylic acids is 1. The van der Waals surface area contributed by atoms with Gasteiger partial charge in [-0.2, -0.15) is 0 Å². The van der Waals surface area contributed by atoms with E-state index in [0.29, 0.717) is 30.3 Å². The van der Waals surface area contributed by atoms with Gasteiger partial charge in [-0.15, -0.1) is 0 Å². The lowest BCUT2D eigenvalue weighted by Crippen LogP contribution is -2.41. The maximum atomic E-state index is 13.7. The number of pyridine rings is 2. The average molecular weight is 496 g/mol. The first kappa shape index (κ1) is 23.1. The first-order valence-corrected chi connectivity index (χ1v) is 12.8. The molecule has 4 aromatic heterocycles. The normalized spacial score (nSPS) is 14.9. The molecule has 2 aliphatic rings. The summed E-state index contributed by atoms with van der Waals surface area (Å²) < 4.78 is 3.78. The van der Waals surface area contributed by atoms with E-state index in [2.05, 4.69) is 37.8 Å². The molecule has 1 aliphatic carbocycles. The van der Waals surface area contributed by atoms with E-state index in [4.69, 9.17) is 0 Å². The van der Waals surface area contributed by atoms with Gasteiger partial charge >= 0.3 is 0 Å². The van der Waals surface area contributed by atoms with Crippen molar-refractivity contribution in [1.29, 1.82) is 0 Å². The zero-order chi connectivity index (χ0) is 25.5. The molecule has 37 heavy (non-hydrogen) atoms. The zero-order valence-corrected chi connectivity index (χ0v) is 21.1. The van der Waals surface area contributed by atoms with Crippen molar-refractivity contribution in [3.8, 4) is 11.1 Å². The number of nitrogens with one attached hydrogen (secondary N) is 1. The Balaban J connectivity index is 1.40. The van der Waals surface area contributed by atoms with Crippen LogP contribution < -0.4 is 15.8 Å². The van der Waals surface area contributed by atoms with Crippen molar-refractivity contribution in [3.63, 3.8) is 0 Å². The quantitative estimate of drug-likeness (QED) is 0.451. The van der Waals surface area contributed by atoms with Crippen LogP contribution in [0.15, 0.2) is 54.0 Å². The summed E-state index contributed by atoms with van der Waals surface area (Å²) in [6.07, 6.45) is 11.8. The third-order valence-corrected chi connectivity index (χ3v) is 7.40. The fourth-order valence-electron chi connectivity index (χ4n) is 5.62. The highest BCUT2D eigenvalue weighted by atomic mass is 16.2. The number of nitrogens with zero attached hydrogens (tertiary/aromatic N) is 6. The largest absolute Gasteiger partial charge is 0.339 e. The molecule has 0 bridgehead atoms. The summed E-state index contributed by atoms with van der Waals surface area (Å²) in [6, 6.07) is 7.59. The molecule has 0 radical (unpaired) electrons. The van der Waals surface area contributed by atoms with Gasteiger partial charge in [0.05, 0.1) is 0 Å². The Hall–Kier alpha value is -4.27. The Kier molecular flexibility index (Phi) is 5.82. The Morgan fingerprint density at radius 1 is 1.03 bits per heavy atom.